The summed E-state index contributed by atoms with van der Waals surface area (Å²) in [7, 11) is 2.98. The Balaban J connectivity index is 2.13. The molecule has 2 rings (SSSR count). The summed E-state index contributed by atoms with van der Waals surface area (Å²) < 4.78 is 15.7. The van der Waals surface area contributed by atoms with Crippen molar-refractivity contribution in [3.63, 3.8) is 0 Å². The number of hydrogen-bond donors (Lipinski definition) is 1. The molecular formula is C20H28N2O6. The molecule has 0 aromatic heterocycles. The third kappa shape index (κ3) is 5.37. The molecule has 0 spiro atoms. The minimum absolute atomic E-state index is 0.178. The molecule has 1 unspecified atom stereocenters. The highest BCUT2D eigenvalue weighted by molar-refractivity contribution is 6.01. The van der Waals surface area contributed by atoms with Gasteiger partial charge in [0, 0.05) is 19.2 Å². The molecule has 0 aliphatic carbocycles. The second-order valence-corrected chi connectivity index (χ2v) is 6.50. The Bertz CT molecular complexity index is 706. The van der Waals surface area contributed by atoms with Crippen LogP contribution in [0.5, 0.6) is 11.5 Å². The number of unbranched alkanes of at least 4 members (excludes halogenated alkanes) is 2. The van der Waals surface area contributed by atoms with Gasteiger partial charge < -0.3 is 24.4 Å². The average Bonchev–Trinajstić information content (AvgIpc) is 2.71. The van der Waals surface area contributed by atoms with Crippen molar-refractivity contribution in [1.82, 2.24) is 10.2 Å². The van der Waals surface area contributed by atoms with Crippen LogP contribution < -0.4 is 14.8 Å². The van der Waals surface area contributed by atoms with Crippen molar-refractivity contribution in [2.75, 3.05) is 33.9 Å². The highest BCUT2D eigenvalue weighted by Crippen LogP contribution is 2.27. The topological polar surface area (TPSA) is 94.2 Å². The van der Waals surface area contributed by atoms with Crippen molar-refractivity contribution >= 4 is 17.8 Å². The lowest BCUT2D eigenvalue weighted by atomic mass is 10.1. The summed E-state index contributed by atoms with van der Waals surface area (Å²) in [6.07, 6.45) is 2.60. The van der Waals surface area contributed by atoms with E-state index in [4.69, 9.17) is 14.2 Å². The quantitative estimate of drug-likeness (QED) is 0.508. The van der Waals surface area contributed by atoms with E-state index in [9.17, 15) is 14.4 Å². The molecule has 1 aromatic carbocycles. The molecule has 2 amide bonds. The number of ether oxygens (including phenoxy) is 3. The summed E-state index contributed by atoms with van der Waals surface area (Å²) in [5.41, 5.74) is 0.305. The van der Waals surface area contributed by atoms with E-state index in [1.807, 2.05) is 0 Å². The van der Waals surface area contributed by atoms with Gasteiger partial charge in [-0.1, -0.05) is 19.8 Å². The van der Waals surface area contributed by atoms with E-state index >= 15 is 0 Å². The Hall–Kier alpha value is -2.77. The fourth-order valence-electron chi connectivity index (χ4n) is 3.05. The lowest BCUT2D eigenvalue weighted by Gasteiger charge is -2.34. The lowest BCUT2D eigenvalue weighted by molar-refractivity contribution is -0.147. The maximum Gasteiger partial charge on any atom is 0.308 e. The zero-order valence-electron chi connectivity index (χ0n) is 16.7. The number of esters is 1. The van der Waals surface area contributed by atoms with Gasteiger partial charge in [0.15, 0.2) is 0 Å². The van der Waals surface area contributed by atoms with Crippen LogP contribution in [0.4, 0.5) is 0 Å². The molecule has 8 nitrogen and oxygen atoms in total. The van der Waals surface area contributed by atoms with Gasteiger partial charge >= 0.3 is 5.97 Å². The zero-order valence-corrected chi connectivity index (χ0v) is 16.7. The van der Waals surface area contributed by atoms with E-state index in [0.29, 0.717) is 36.8 Å². The molecule has 154 valence electrons. The Morgan fingerprint density at radius 1 is 1.21 bits per heavy atom. The smallest absolute Gasteiger partial charge is 0.308 e. The average molecular weight is 392 g/mol. The maximum absolute atomic E-state index is 13.1. The molecule has 1 aliphatic rings. The molecular weight excluding hydrogens is 364 g/mol. The van der Waals surface area contributed by atoms with Gasteiger partial charge in [0.2, 0.25) is 5.91 Å². The predicted molar refractivity (Wildman–Crippen MR) is 102 cm³/mol. The molecule has 1 aliphatic heterocycles. The molecule has 1 saturated heterocycles. The Morgan fingerprint density at radius 2 is 2.00 bits per heavy atom. The van der Waals surface area contributed by atoms with Crippen LogP contribution in [0.25, 0.3) is 0 Å². The van der Waals surface area contributed by atoms with Crippen molar-refractivity contribution in [2.24, 2.45) is 0 Å². The number of methoxy groups -OCH3 is 2. The molecule has 0 saturated carbocycles. The zero-order chi connectivity index (χ0) is 20.5. The van der Waals surface area contributed by atoms with Crippen LogP contribution in [0.1, 0.15) is 43.0 Å². The number of benzene rings is 1. The number of carbonyl (C=O) groups is 3. The van der Waals surface area contributed by atoms with Crippen LogP contribution in [0.15, 0.2) is 18.2 Å². The third-order valence-corrected chi connectivity index (χ3v) is 4.60. The van der Waals surface area contributed by atoms with E-state index < -0.39 is 12.0 Å². The highest BCUT2D eigenvalue weighted by Gasteiger charge is 2.36. The first kappa shape index (κ1) is 21.5. The van der Waals surface area contributed by atoms with Gasteiger partial charge in [0.1, 0.15) is 17.5 Å². The van der Waals surface area contributed by atoms with Gasteiger partial charge in [-0.05, 0) is 18.6 Å². The Labute approximate surface area is 165 Å². The molecule has 1 aromatic rings. The number of nitrogens with zero attached hydrogens (tertiary/aromatic N) is 1. The number of hydrogen-bond acceptors (Lipinski definition) is 6. The van der Waals surface area contributed by atoms with Gasteiger partial charge in [0.25, 0.3) is 5.91 Å². The SMILES string of the molecule is CCCCCOC(=O)CC1C(=O)NCCN1C(=O)c1ccc(OC)cc1OC. The van der Waals surface area contributed by atoms with Gasteiger partial charge in [-0.25, -0.2) is 0 Å². The fourth-order valence-corrected chi connectivity index (χ4v) is 3.05. The van der Waals surface area contributed by atoms with E-state index in [1.54, 1.807) is 18.2 Å². The van der Waals surface area contributed by atoms with Gasteiger partial charge in [-0.3, -0.25) is 14.4 Å². The van der Waals surface area contributed by atoms with Crippen LogP contribution >= 0.6 is 0 Å². The second kappa shape index (κ2) is 10.5. The molecule has 1 atom stereocenters. The summed E-state index contributed by atoms with van der Waals surface area (Å²) in [5.74, 6) is -0.332. The number of piperazine rings is 1. The number of carbonyl (C=O) groups excluding carboxylic acids is 3. The standard InChI is InChI=1S/C20H28N2O6/c1-4-5-6-11-28-18(23)13-16-19(24)21-9-10-22(16)20(25)15-8-7-14(26-2)12-17(15)27-3/h7-8,12,16H,4-6,9-11,13H2,1-3H3,(H,21,24). The first-order valence-corrected chi connectivity index (χ1v) is 9.48. The molecule has 8 heteroatoms. The van der Waals surface area contributed by atoms with E-state index in [0.717, 1.165) is 19.3 Å². The maximum atomic E-state index is 13.1. The van der Waals surface area contributed by atoms with Crippen molar-refractivity contribution in [3.05, 3.63) is 23.8 Å². The molecule has 0 radical (unpaired) electrons. The van der Waals surface area contributed by atoms with Crippen LogP contribution in [-0.2, 0) is 14.3 Å². The molecule has 1 fully saturated rings. The molecule has 1 heterocycles. The van der Waals surface area contributed by atoms with E-state index in [2.05, 4.69) is 12.2 Å². The first-order valence-electron chi connectivity index (χ1n) is 9.48. The van der Waals surface area contributed by atoms with Crippen molar-refractivity contribution in [2.45, 2.75) is 38.6 Å². The molecule has 1 N–H and O–H groups in total. The Kier molecular flexibility index (Phi) is 8.10. The molecule has 0 bridgehead atoms. The third-order valence-electron chi connectivity index (χ3n) is 4.60. The fraction of sp³-hybridized carbons (Fsp3) is 0.550. The summed E-state index contributed by atoms with van der Waals surface area (Å²) in [6.45, 7) is 3.00. The lowest BCUT2D eigenvalue weighted by Crippen LogP contribution is -2.57. The van der Waals surface area contributed by atoms with E-state index in [1.165, 1.54) is 19.1 Å². The summed E-state index contributed by atoms with van der Waals surface area (Å²) in [4.78, 5) is 39.0. The van der Waals surface area contributed by atoms with Crippen LogP contribution in [-0.4, -0.2) is 62.6 Å². The largest absolute Gasteiger partial charge is 0.497 e. The summed E-state index contributed by atoms with van der Waals surface area (Å²) in [5, 5.41) is 2.71. The van der Waals surface area contributed by atoms with Gasteiger partial charge in [0.05, 0.1) is 32.8 Å². The van der Waals surface area contributed by atoms with Crippen molar-refractivity contribution in [1.29, 1.82) is 0 Å². The van der Waals surface area contributed by atoms with Crippen LogP contribution in [0, 0.1) is 0 Å². The van der Waals surface area contributed by atoms with Crippen LogP contribution in [0.3, 0.4) is 0 Å². The Morgan fingerprint density at radius 3 is 2.68 bits per heavy atom. The summed E-state index contributed by atoms with van der Waals surface area (Å²) in [6, 6.07) is 3.93. The first-order chi connectivity index (χ1) is 13.5. The minimum atomic E-state index is -0.910. The summed E-state index contributed by atoms with van der Waals surface area (Å²) >= 11 is 0. The highest BCUT2D eigenvalue weighted by atomic mass is 16.5. The monoisotopic (exact) mass is 392 g/mol. The van der Waals surface area contributed by atoms with Gasteiger partial charge in [-0.2, -0.15) is 0 Å². The second-order valence-electron chi connectivity index (χ2n) is 6.50. The number of amides is 2. The van der Waals surface area contributed by atoms with Crippen molar-refractivity contribution < 1.29 is 28.6 Å². The number of nitrogens with one attached hydrogen (secondary N) is 1. The normalized spacial score (nSPS) is 16.3. The van der Waals surface area contributed by atoms with Crippen LogP contribution in [0.2, 0.25) is 0 Å². The van der Waals surface area contributed by atoms with E-state index in [-0.39, 0.29) is 18.2 Å². The predicted octanol–water partition coefficient (Wildman–Crippen LogP) is 1.77. The van der Waals surface area contributed by atoms with Crippen molar-refractivity contribution in [3.8, 4) is 11.5 Å². The van der Waals surface area contributed by atoms with Gasteiger partial charge in [-0.15, -0.1) is 0 Å². The number of rotatable bonds is 9. The molecule has 28 heavy (non-hydrogen) atoms. The minimum Gasteiger partial charge on any atom is -0.497 e.